The number of anilines is 1. The minimum atomic E-state index is -0.438. The zero-order valence-corrected chi connectivity index (χ0v) is 14.9. The Morgan fingerprint density at radius 1 is 1.04 bits per heavy atom. The summed E-state index contributed by atoms with van der Waals surface area (Å²) in [4.78, 5) is 12.4. The summed E-state index contributed by atoms with van der Waals surface area (Å²) in [6.07, 6.45) is 0. The van der Waals surface area contributed by atoms with Gasteiger partial charge in [-0.05, 0) is 34.0 Å². The average Bonchev–Trinajstić information content (AvgIpc) is 3.15. The van der Waals surface area contributed by atoms with Crippen molar-refractivity contribution in [3.05, 3.63) is 72.5 Å². The Balaban J connectivity index is 1.48. The van der Waals surface area contributed by atoms with Crippen molar-refractivity contribution in [3.63, 3.8) is 0 Å². The molecule has 0 aliphatic heterocycles. The normalized spacial score (nSPS) is 10.9. The lowest BCUT2D eigenvalue weighted by Gasteiger charge is -2.09. The number of fused-ring (bicyclic) bond motifs is 1. The Morgan fingerprint density at radius 2 is 1.81 bits per heavy atom. The van der Waals surface area contributed by atoms with Crippen LogP contribution in [0, 0.1) is 5.82 Å². The van der Waals surface area contributed by atoms with E-state index in [1.54, 1.807) is 18.2 Å². The van der Waals surface area contributed by atoms with Crippen molar-refractivity contribution < 1.29 is 9.18 Å². The van der Waals surface area contributed by atoms with E-state index in [0.717, 1.165) is 28.2 Å². The molecular weight excluding hydrogens is 365 g/mol. The van der Waals surface area contributed by atoms with Crippen molar-refractivity contribution >= 4 is 34.1 Å². The minimum Gasteiger partial charge on any atom is -0.325 e. The van der Waals surface area contributed by atoms with Gasteiger partial charge in [0.1, 0.15) is 11.5 Å². The molecule has 1 aromatic heterocycles. The number of amides is 1. The molecule has 1 amide bonds. The maximum Gasteiger partial charge on any atom is 0.234 e. The summed E-state index contributed by atoms with van der Waals surface area (Å²) in [5, 5.41) is 16.5. The molecule has 0 unspecified atom stereocenters. The van der Waals surface area contributed by atoms with Gasteiger partial charge in [0, 0.05) is 11.1 Å². The van der Waals surface area contributed by atoms with E-state index < -0.39 is 5.82 Å². The first-order valence-electron chi connectivity index (χ1n) is 8.16. The lowest BCUT2D eigenvalue weighted by atomic mass is 10.1. The standard InChI is InChI=1S/C19H14FN5OS/c20-15-9-3-4-11-17(15)25-19(22-23-24-25)27-12-18(26)21-16-10-5-7-13-6-1-2-8-14(13)16/h1-11H,12H2,(H,21,26). The highest BCUT2D eigenvalue weighted by atomic mass is 32.2. The number of nitrogens with one attached hydrogen (secondary N) is 1. The van der Waals surface area contributed by atoms with Gasteiger partial charge in [0.25, 0.3) is 0 Å². The van der Waals surface area contributed by atoms with Crippen LogP contribution in [0.25, 0.3) is 16.5 Å². The van der Waals surface area contributed by atoms with Crippen molar-refractivity contribution in [2.75, 3.05) is 11.1 Å². The first kappa shape index (κ1) is 17.2. The number of hydrogen-bond acceptors (Lipinski definition) is 5. The molecule has 0 saturated carbocycles. The van der Waals surface area contributed by atoms with Crippen LogP contribution < -0.4 is 5.32 Å². The van der Waals surface area contributed by atoms with Gasteiger partial charge in [0.2, 0.25) is 11.1 Å². The van der Waals surface area contributed by atoms with E-state index in [1.165, 1.54) is 10.7 Å². The summed E-state index contributed by atoms with van der Waals surface area (Å²) in [5.74, 6) is -0.538. The third kappa shape index (κ3) is 3.65. The average molecular weight is 379 g/mol. The Hall–Kier alpha value is -3.26. The molecule has 6 nitrogen and oxygen atoms in total. The Morgan fingerprint density at radius 3 is 2.70 bits per heavy atom. The van der Waals surface area contributed by atoms with Crippen LogP contribution in [0.15, 0.2) is 71.9 Å². The molecule has 0 aliphatic carbocycles. The number of carbonyl (C=O) groups excluding carboxylic acids is 1. The summed E-state index contributed by atoms with van der Waals surface area (Å²) >= 11 is 1.14. The van der Waals surface area contributed by atoms with Crippen LogP contribution in [0.3, 0.4) is 0 Å². The highest BCUT2D eigenvalue weighted by Gasteiger charge is 2.14. The third-order valence-corrected chi connectivity index (χ3v) is 4.84. The van der Waals surface area contributed by atoms with Crippen LogP contribution in [0.4, 0.5) is 10.1 Å². The molecule has 134 valence electrons. The maximum absolute atomic E-state index is 14.0. The highest BCUT2D eigenvalue weighted by molar-refractivity contribution is 7.99. The maximum atomic E-state index is 14.0. The monoisotopic (exact) mass is 379 g/mol. The number of tetrazole rings is 1. The smallest absolute Gasteiger partial charge is 0.234 e. The predicted octanol–water partition coefficient (Wildman–Crippen LogP) is 3.69. The first-order chi connectivity index (χ1) is 13.2. The van der Waals surface area contributed by atoms with Gasteiger partial charge in [-0.15, -0.1) is 5.10 Å². The van der Waals surface area contributed by atoms with Crippen LogP contribution in [-0.4, -0.2) is 31.9 Å². The summed E-state index contributed by atoms with van der Waals surface area (Å²) in [7, 11) is 0. The number of carbonyl (C=O) groups is 1. The van der Waals surface area contributed by atoms with Gasteiger partial charge < -0.3 is 5.32 Å². The Labute approximate surface area is 158 Å². The second-order valence-corrected chi connectivity index (χ2v) is 6.63. The van der Waals surface area contributed by atoms with Crippen molar-refractivity contribution in [1.29, 1.82) is 0 Å². The Bertz CT molecular complexity index is 1110. The lowest BCUT2D eigenvalue weighted by Crippen LogP contribution is -2.15. The molecule has 4 rings (SSSR count). The minimum absolute atomic E-state index is 0.0953. The molecule has 4 aromatic rings. The number of para-hydroxylation sites is 1. The number of hydrogen-bond donors (Lipinski definition) is 1. The fraction of sp³-hybridized carbons (Fsp3) is 0.0526. The Kier molecular flexibility index (Phi) is 4.80. The van der Waals surface area contributed by atoms with Crippen molar-refractivity contribution in [2.45, 2.75) is 5.16 Å². The van der Waals surface area contributed by atoms with E-state index in [-0.39, 0.29) is 17.3 Å². The van der Waals surface area contributed by atoms with Gasteiger partial charge >= 0.3 is 0 Å². The molecule has 0 radical (unpaired) electrons. The van der Waals surface area contributed by atoms with Crippen molar-refractivity contribution in [1.82, 2.24) is 20.2 Å². The second-order valence-electron chi connectivity index (χ2n) is 5.69. The van der Waals surface area contributed by atoms with E-state index in [2.05, 4.69) is 20.8 Å². The van der Waals surface area contributed by atoms with Crippen LogP contribution in [0.1, 0.15) is 0 Å². The van der Waals surface area contributed by atoms with Gasteiger partial charge in [-0.2, -0.15) is 4.68 Å². The van der Waals surface area contributed by atoms with Gasteiger partial charge in [-0.3, -0.25) is 4.79 Å². The molecule has 8 heteroatoms. The summed E-state index contributed by atoms with van der Waals surface area (Å²) in [5.41, 5.74) is 0.979. The van der Waals surface area contributed by atoms with E-state index in [9.17, 15) is 9.18 Å². The third-order valence-electron chi connectivity index (χ3n) is 3.92. The first-order valence-corrected chi connectivity index (χ1v) is 9.14. The van der Waals surface area contributed by atoms with Crippen molar-refractivity contribution in [2.24, 2.45) is 0 Å². The quantitative estimate of drug-likeness (QED) is 0.536. The van der Waals surface area contributed by atoms with Gasteiger partial charge in [0.15, 0.2) is 0 Å². The SMILES string of the molecule is O=C(CSc1nnnn1-c1ccccc1F)Nc1cccc2ccccc12. The second kappa shape index (κ2) is 7.55. The number of rotatable bonds is 5. The summed E-state index contributed by atoms with van der Waals surface area (Å²) < 4.78 is 15.2. The molecule has 0 aliphatic rings. The molecule has 0 bridgehead atoms. The van der Waals surface area contributed by atoms with E-state index >= 15 is 0 Å². The topological polar surface area (TPSA) is 72.7 Å². The van der Waals surface area contributed by atoms with E-state index in [4.69, 9.17) is 0 Å². The van der Waals surface area contributed by atoms with Gasteiger partial charge in [0.05, 0.1) is 5.75 Å². The molecular formula is C19H14FN5OS. The number of halogens is 1. The van der Waals surface area contributed by atoms with E-state index in [0.29, 0.717) is 5.16 Å². The summed E-state index contributed by atoms with van der Waals surface area (Å²) in [6, 6.07) is 19.8. The fourth-order valence-electron chi connectivity index (χ4n) is 2.69. The molecule has 0 atom stereocenters. The van der Waals surface area contributed by atoms with Crippen molar-refractivity contribution in [3.8, 4) is 5.69 Å². The van der Waals surface area contributed by atoms with Crippen LogP contribution >= 0.6 is 11.8 Å². The van der Waals surface area contributed by atoms with Gasteiger partial charge in [-0.1, -0.05) is 60.3 Å². The molecule has 1 N–H and O–H groups in total. The van der Waals surface area contributed by atoms with Crippen LogP contribution in [-0.2, 0) is 4.79 Å². The highest BCUT2D eigenvalue weighted by Crippen LogP contribution is 2.24. The van der Waals surface area contributed by atoms with Gasteiger partial charge in [-0.25, -0.2) is 4.39 Å². The van der Waals surface area contributed by atoms with Crippen LogP contribution in [0.2, 0.25) is 0 Å². The molecule has 0 fully saturated rings. The number of benzene rings is 3. The molecule has 0 saturated heterocycles. The fourth-order valence-corrected chi connectivity index (χ4v) is 3.38. The number of thioether (sulfide) groups is 1. The molecule has 27 heavy (non-hydrogen) atoms. The zero-order chi connectivity index (χ0) is 18.6. The van der Waals surface area contributed by atoms with Crippen LogP contribution in [0.5, 0.6) is 0 Å². The largest absolute Gasteiger partial charge is 0.325 e. The summed E-state index contributed by atoms with van der Waals surface area (Å²) in [6.45, 7) is 0. The molecule has 1 heterocycles. The number of nitrogens with zero attached hydrogens (tertiary/aromatic N) is 4. The number of aromatic nitrogens is 4. The lowest BCUT2D eigenvalue weighted by molar-refractivity contribution is -0.113. The molecule has 0 spiro atoms. The predicted molar refractivity (Wildman–Crippen MR) is 102 cm³/mol. The molecule has 3 aromatic carbocycles. The van der Waals surface area contributed by atoms with E-state index in [1.807, 2.05) is 42.5 Å². The zero-order valence-electron chi connectivity index (χ0n) is 14.0.